The zero-order chi connectivity index (χ0) is 23.2. The van der Waals surface area contributed by atoms with E-state index in [2.05, 4.69) is 27.1 Å². The largest absolute Gasteiger partial charge is 0.466 e. The van der Waals surface area contributed by atoms with Crippen LogP contribution >= 0.6 is 11.3 Å². The highest BCUT2D eigenvalue weighted by molar-refractivity contribution is 7.14. The first-order valence-corrected chi connectivity index (χ1v) is 12.1. The van der Waals surface area contributed by atoms with Gasteiger partial charge in [0.15, 0.2) is 0 Å². The van der Waals surface area contributed by atoms with Crippen LogP contribution in [0.4, 0.5) is 4.79 Å². The number of nitrogens with one attached hydrogen (secondary N) is 2. The molecule has 4 rings (SSSR count). The van der Waals surface area contributed by atoms with Gasteiger partial charge in [0.2, 0.25) is 0 Å². The lowest BCUT2D eigenvalue weighted by atomic mass is 10.0. The topological polar surface area (TPSA) is 75.6 Å². The smallest absolute Gasteiger partial charge is 0.315 e. The van der Waals surface area contributed by atoms with Crippen molar-refractivity contribution in [2.24, 2.45) is 0 Å². The highest BCUT2D eigenvalue weighted by Gasteiger charge is 2.24. The van der Waals surface area contributed by atoms with E-state index in [4.69, 9.17) is 4.74 Å². The van der Waals surface area contributed by atoms with Gasteiger partial charge in [-0.25, -0.2) is 4.79 Å². The number of hydrogen-bond donors (Lipinski definition) is 2. The van der Waals surface area contributed by atoms with E-state index >= 15 is 0 Å². The Balaban J connectivity index is 1.49. The summed E-state index contributed by atoms with van der Waals surface area (Å²) in [6.07, 6.45) is 5.13. The molecule has 0 saturated carbocycles. The fourth-order valence-electron chi connectivity index (χ4n) is 4.15. The van der Waals surface area contributed by atoms with Crippen molar-refractivity contribution in [3.05, 3.63) is 76.4 Å². The maximum atomic E-state index is 12.9. The molecule has 2 N–H and O–H groups in total. The lowest BCUT2D eigenvalue weighted by Crippen LogP contribution is -2.39. The molecule has 3 aromatic rings. The second-order valence-electron chi connectivity index (χ2n) is 8.17. The molecule has 0 bridgehead atoms. The SMILES string of the molecule is CCOC(=O)CC(NC(=O)NCc1c(-n2cccc2)sc2c1CCN(C)C2)c1ccccc1. The maximum Gasteiger partial charge on any atom is 0.315 e. The van der Waals surface area contributed by atoms with Crippen molar-refractivity contribution < 1.29 is 14.3 Å². The number of carbonyl (C=O) groups is 2. The van der Waals surface area contributed by atoms with Gasteiger partial charge < -0.3 is 24.8 Å². The van der Waals surface area contributed by atoms with Crippen LogP contribution in [0.1, 0.15) is 41.0 Å². The Morgan fingerprint density at radius 2 is 1.91 bits per heavy atom. The summed E-state index contributed by atoms with van der Waals surface area (Å²) < 4.78 is 7.22. The summed E-state index contributed by atoms with van der Waals surface area (Å²) in [6, 6.07) is 12.8. The van der Waals surface area contributed by atoms with Gasteiger partial charge in [-0.1, -0.05) is 30.3 Å². The van der Waals surface area contributed by atoms with Gasteiger partial charge in [0.05, 0.1) is 19.1 Å². The number of thiophene rings is 1. The number of amides is 2. The summed E-state index contributed by atoms with van der Waals surface area (Å²) >= 11 is 1.79. The van der Waals surface area contributed by atoms with Gasteiger partial charge in [-0.05, 0) is 43.7 Å². The number of urea groups is 1. The third-order valence-corrected chi connectivity index (χ3v) is 7.06. The molecule has 0 radical (unpaired) electrons. The van der Waals surface area contributed by atoms with Crippen molar-refractivity contribution in [2.75, 3.05) is 20.2 Å². The maximum absolute atomic E-state index is 12.9. The fraction of sp³-hybridized carbons (Fsp3) is 0.360. The minimum atomic E-state index is -0.459. The van der Waals surface area contributed by atoms with E-state index in [1.54, 1.807) is 18.3 Å². The van der Waals surface area contributed by atoms with E-state index < -0.39 is 6.04 Å². The Labute approximate surface area is 198 Å². The van der Waals surface area contributed by atoms with Crippen LogP contribution in [0.15, 0.2) is 54.9 Å². The molecule has 1 aliphatic rings. The molecule has 1 aromatic carbocycles. The first kappa shape index (κ1) is 23.1. The number of benzene rings is 1. The Morgan fingerprint density at radius 3 is 2.64 bits per heavy atom. The molecular formula is C25H30N4O3S. The number of ether oxygens (including phenoxy) is 1. The van der Waals surface area contributed by atoms with E-state index in [9.17, 15) is 9.59 Å². The Bertz CT molecular complexity index is 1080. The number of carbonyl (C=O) groups excluding carboxylic acids is 2. The molecule has 8 heteroatoms. The van der Waals surface area contributed by atoms with Crippen molar-refractivity contribution in [3.8, 4) is 5.00 Å². The zero-order valence-electron chi connectivity index (χ0n) is 19.0. The first-order valence-electron chi connectivity index (χ1n) is 11.3. The van der Waals surface area contributed by atoms with E-state index in [0.29, 0.717) is 13.2 Å². The highest BCUT2D eigenvalue weighted by Crippen LogP contribution is 2.35. The Hall–Kier alpha value is -3.10. The molecule has 2 aromatic heterocycles. The van der Waals surface area contributed by atoms with Crippen LogP contribution in [0.25, 0.3) is 5.00 Å². The summed E-state index contributed by atoms with van der Waals surface area (Å²) in [4.78, 5) is 28.7. The van der Waals surface area contributed by atoms with E-state index in [1.807, 2.05) is 54.9 Å². The molecule has 0 spiro atoms. The Morgan fingerprint density at radius 1 is 1.15 bits per heavy atom. The van der Waals surface area contributed by atoms with Gasteiger partial charge in [-0.3, -0.25) is 4.79 Å². The van der Waals surface area contributed by atoms with E-state index in [-0.39, 0.29) is 18.4 Å². The molecule has 1 unspecified atom stereocenters. The van der Waals surface area contributed by atoms with Crippen LogP contribution in [0.5, 0.6) is 0 Å². The van der Waals surface area contributed by atoms with Crippen molar-refractivity contribution >= 4 is 23.3 Å². The molecule has 0 saturated heterocycles. The van der Waals surface area contributed by atoms with Gasteiger partial charge in [0, 0.05) is 42.5 Å². The van der Waals surface area contributed by atoms with Crippen molar-refractivity contribution in [1.29, 1.82) is 0 Å². The lowest BCUT2D eigenvalue weighted by Gasteiger charge is -2.23. The van der Waals surface area contributed by atoms with Crippen LogP contribution in [0.3, 0.4) is 0 Å². The average molecular weight is 467 g/mol. The number of fused-ring (bicyclic) bond motifs is 1. The number of esters is 1. The second kappa shape index (κ2) is 10.7. The molecule has 1 aliphatic heterocycles. The van der Waals surface area contributed by atoms with Gasteiger partial charge in [0.1, 0.15) is 5.00 Å². The van der Waals surface area contributed by atoms with Gasteiger partial charge in [0.25, 0.3) is 0 Å². The number of likely N-dealkylation sites (N-methyl/N-ethyl adjacent to an activating group) is 1. The van der Waals surface area contributed by atoms with E-state index in [0.717, 1.165) is 35.6 Å². The van der Waals surface area contributed by atoms with Crippen LogP contribution in [0, 0.1) is 0 Å². The molecule has 3 heterocycles. The summed E-state index contributed by atoms with van der Waals surface area (Å²) in [6.45, 7) is 4.44. The Kier molecular flexibility index (Phi) is 7.47. The average Bonchev–Trinajstić information content (AvgIpc) is 3.45. The summed E-state index contributed by atoms with van der Waals surface area (Å²) in [5.41, 5.74) is 3.37. The predicted molar refractivity (Wildman–Crippen MR) is 129 cm³/mol. The normalized spacial score (nSPS) is 14.4. The molecule has 0 aliphatic carbocycles. The molecule has 33 heavy (non-hydrogen) atoms. The van der Waals surface area contributed by atoms with Gasteiger partial charge in [-0.15, -0.1) is 11.3 Å². The van der Waals surface area contributed by atoms with Crippen molar-refractivity contribution in [3.63, 3.8) is 0 Å². The quantitative estimate of drug-likeness (QED) is 0.492. The molecule has 0 fully saturated rings. The number of rotatable bonds is 8. The molecule has 2 amide bonds. The molecular weight excluding hydrogens is 436 g/mol. The third-order valence-electron chi connectivity index (χ3n) is 5.78. The number of aromatic nitrogens is 1. The number of hydrogen-bond acceptors (Lipinski definition) is 5. The molecule has 7 nitrogen and oxygen atoms in total. The van der Waals surface area contributed by atoms with Crippen LogP contribution in [-0.4, -0.2) is 41.7 Å². The minimum absolute atomic E-state index is 0.0834. The fourth-order valence-corrected chi connectivity index (χ4v) is 5.56. The van der Waals surface area contributed by atoms with Gasteiger partial charge in [-0.2, -0.15) is 0 Å². The number of nitrogens with zero attached hydrogens (tertiary/aromatic N) is 2. The zero-order valence-corrected chi connectivity index (χ0v) is 19.9. The summed E-state index contributed by atoms with van der Waals surface area (Å²) in [5, 5.41) is 7.14. The monoisotopic (exact) mass is 466 g/mol. The third kappa shape index (κ3) is 5.64. The van der Waals surface area contributed by atoms with Crippen molar-refractivity contribution in [1.82, 2.24) is 20.1 Å². The van der Waals surface area contributed by atoms with E-state index in [1.165, 1.54) is 10.4 Å². The molecule has 1 atom stereocenters. The van der Waals surface area contributed by atoms with Crippen LogP contribution in [-0.2, 0) is 29.0 Å². The molecule has 174 valence electrons. The summed E-state index contributed by atoms with van der Waals surface area (Å²) in [5.74, 6) is -0.336. The highest BCUT2D eigenvalue weighted by atomic mass is 32.1. The van der Waals surface area contributed by atoms with Gasteiger partial charge >= 0.3 is 12.0 Å². The minimum Gasteiger partial charge on any atom is -0.466 e. The summed E-state index contributed by atoms with van der Waals surface area (Å²) in [7, 11) is 2.14. The lowest BCUT2D eigenvalue weighted by molar-refractivity contribution is -0.143. The first-order chi connectivity index (χ1) is 16.0. The predicted octanol–water partition coefficient (Wildman–Crippen LogP) is 4.02. The standard InChI is InChI=1S/C25H30N4O3S/c1-3-32-23(30)15-21(18-9-5-4-6-10-18)27-25(31)26-16-20-19-11-14-28(2)17-22(19)33-24(20)29-12-7-8-13-29/h4-10,12-13,21H,3,11,14-17H2,1-2H3,(H2,26,27,31). The second-order valence-corrected chi connectivity index (χ2v) is 9.25. The van der Waals surface area contributed by atoms with Crippen LogP contribution < -0.4 is 10.6 Å². The van der Waals surface area contributed by atoms with Crippen molar-refractivity contribution in [2.45, 2.75) is 38.9 Å². The van der Waals surface area contributed by atoms with Crippen LogP contribution in [0.2, 0.25) is 0 Å².